The van der Waals surface area contributed by atoms with Crippen LogP contribution >= 0.6 is 0 Å². The summed E-state index contributed by atoms with van der Waals surface area (Å²) in [6.07, 6.45) is 1.47. The molecule has 1 N–H and O–H groups in total. The molecular weight excluding hydrogens is 448 g/mol. The Bertz CT molecular complexity index is 1060. The van der Waals surface area contributed by atoms with E-state index >= 15 is 0 Å². The number of carbonyl (C=O) groups excluding carboxylic acids is 2. The van der Waals surface area contributed by atoms with Crippen molar-refractivity contribution in [3.8, 4) is 0 Å². The van der Waals surface area contributed by atoms with Gasteiger partial charge in [-0.05, 0) is 30.3 Å². The van der Waals surface area contributed by atoms with Crippen molar-refractivity contribution in [2.24, 2.45) is 0 Å². The third-order valence-corrected chi connectivity index (χ3v) is 7.19. The molecule has 1 aromatic heterocycles. The number of furan rings is 1. The first-order valence-corrected chi connectivity index (χ1v) is 12.4. The van der Waals surface area contributed by atoms with Crippen molar-refractivity contribution in [2.45, 2.75) is 11.4 Å². The summed E-state index contributed by atoms with van der Waals surface area (Å²) < 4.78 is 38.2. The van der Waals surface area contributed by atoms with Crippen LogP contribution in [0.3, 0.4) is 0 Å². The van der Waals surface area contributed by atoms with Crippen molar-refractivity contribution in [3.05, 3.63) is 54.0 Å². The summed E-state index contributed by atoms with van der Waals surface area (Å²) in [6, 6.07) is 9.38. The van der Waals surface area contributed by atoms with Crippen LogP contribution in [0.2, 0.25) is 0 Å². The number of hydrogen-bond donors (Lipinski definition) is 1. The van der Waals surface area contributed by atoms with Gasteiger partial charge in [0.25, 0.3) is 5.91 Å². The maximum Gasteiger partial charge on any atom is 0.253 e. The van der Waals surface area contributed by atoms with Gasteiger partial charge in [0.15, 0.2) is 0 Å². The Labute approximate surface area is 193 Å². The molecule has 4 rings (SSSR count). The van der Waals surface area contributed by atoms with E-state index in [1.165, 1.54) is 18.4 Å². The summed E-state index contributed by atoms with van der Waals surface area (Å²) in [6.45, 7) is 4.86. The molecule has 0 saturated carbocycles. The van der Waals surface area contributed by atoms with Gasteiger partial charge in [-0.1, -0.05) is 6.07 Å². The molecule has 0 unspecified atom stereocenters. The van der Waals surface area contributed by atoms with Crippen molar-refractivity contribution in [1.82, 2.24) is 19.4 Å². The third kappa shape index (κ3) is 5.99. The Morgan fingerprint density at radius 3 is 2.39 bits per heavy atom. The topological polar surface area (TPSA) is 112 Å². The number of morpholine rings is 1. The fourth-order valence-electron chi connectivity index (χ4n) is 3.85. The molecule has 0 atom stereocenters. The van der Waals surface area contributed by atoms with Gasteiger partial charge in [0.2, 0.25) is 15.9 Å². The second kappa shape index (κ2) is 10.5. The van der Waals surface area contributed by atoms with Crippen LogP contribution in [0.1, 0.15) is 16.1 Å². The second-order valence-electron chi connectivity index (χ2n) is 7.99. The lowest BCUT2D eigenvalue weighted by Crippen LogP contribution is -2.52. The summed E-state index contributed by atoms with van der Waals surface area (Å²) in [5.41, 5.74) is 0.314. The molecule has 3 heterocycles. The minimum absolute atomic E-state index is 0.0228. The summed E-state index contributed by atoms with van der Waals surface area (Å²) in [5, 5.41) is 0. The van der Waals surface area contributed by atoms with Gasteiger partial charge in [-0.15, -0.1) is 0 Å². The van der Waals surface area contributed by atoms with Crippen LogP contribution in [0.5, 0.6) is 0 Å². The Kier molecular flexibility index (Phi) is 7.43. The smallest absolute Gasteiger partial charge is 0.253 e. The molecule has 0 bridgehead atoms. The van der Waals surface area contributed by atoms with E-state index in [2.05, 4.69) is 4.72 Å². The number of amides is 2. The number of rotatable bonds is 7. The summed E-state index contributed by atoms with van der Waals surface area (Å²) >= 11 is 0. The van der Waals surface area contributed by atoms with Crippen LogP contribution < -0.4 is 4.72 Å². The molecule has 0 spiro atoms. The molecule has 33 heavy (non-hydrogen) atoms. The molecule has 2 aliphatic heterocycles. The first-order valence-electron chi connectivity index (χ1n) is 10.9. The highest BCUT2D eigenvalue weighted by molar-refractivity contribution is 7.89. The van der Waals surface area contributed by atoms with E-state index in [9.17, 15) is 18.0 Å². The number of nitrogens with one attached hydrogen (secondary N) is 1. The van der Waals surface area contributed by atoms with E-state index in [4.69, 9.17) is 9.15 Å². The third-order valence-electron chi connectivity index (χ3n) is 5.79. The van der Waals surface area contributed by atoms with Gasteiger partial charge in [0.1, 0.15) is 5.76 Å². The van der Waals surface area contributed by atoms with Crippen LogP contribution in [-0.4, -0.2) is 94.0 Å². The van der Waals surface area contributed by atoms with Crippen LogP contribution in [0.15, 0.2) is 52.0 Å². The molecule has 11 heteroatoms. The number of sulfonamides is 1. The standard InChI is InChI=1S/C22H28N4O6S/c27-21(25-10-13-31-14-11-25)17-24-6-8-26(9-7-24)22(28)18-3-1-5-20(15-18)33(29,30)23-16-19-4-2-12-32-19/h1-5,12,15,23H,6-11,13-14,16-17H2. The predicted molar refractivity (Wildman–Crippen MR) is 119 cm³/mol. The van der Waals surface area contributed by atoms with E-state index in [0.29, 0.717) is 70.4 Å². The Morgan fingerprint density at radius 2 is 1.70 bits per heavy atom. The average Bonchev–Trinajstić information content (AvgIpc) is 3.37. The van der Waals surface area contributed by atoms with Crippen LogP contribution in [0.4, 0.5) is 0 Å². The molecule has 2 aromatic rings. The fourth-order valence-corrected chi connectivity index (χ4v) is 4.89. The van der Waals surface area contributed by atoms with Gasteiger partial charge < -0.3 is 19.0 Å². The molecule has 0 aliphatic carbocycles. The zero-order chi connectivity index (χ0) is 23.3. The molecular formula is C22H28N4O6S. The number of piperazine rings is 1. The normalized spacial score (nSPS) is 17.8. The zero-order valence-electron chi connectivity index (χ0n) is 18.3. The lowest BCUT2D eigenvalue weighted by Gasteiger charge is -2.36. The Hall–Kier alpha value is -2.73. The van der Waals surface area contributed by atoms with Gasteiger partial charge in [0.05, 0.1) is 37.5 Å². The van der Waals surface area contributed by atoms with Crippen molar-refractivity contribution < 1.29 is 27.2 Å². The minimum atomic E-state index is -3.80. The number of benzene rings is 1. The minimum Gasteiger partial charge on any atom is -0.468 e. The van der Waals surface area contributed by atoms with E-state index in [-0.39, 0.29) is 23.3 Å². The molecule has 178 valence electrons. The van der Waals surface area contributed by atoms with E-state index < -0.39 is 10.0 Å². The maximum atomic E-state index is 13.0. The molecule has 0 radical (unpaired) electrons. The Morgan fingerprint density at radius 1 is 0.939 bits per heavy atom. The second-order valence-corrected chi connectivity index (χ2v) is 9.76. The average molecular weight is 477 g/mol. The molecule has 2 aliphatic rings. The van der Waals surface area contributed by atoms with E-state index in [1.807, 2.05) is 9.80 Å². The van der Waals surface area contributed by atoms with Crippen LogP contribution in [-0.2, 0) is 26.1 Å². The van der Waals surface area contributed by atoms with Gasteiger partial charge in [-0.25, -0.2) is 13.1 Å². The SMILES string of the molecule is O=C(CN1CCN(C(=O)c2cccc(S(=O)(=O)NCc3ccco3)c2)CC1)N1CCOCC1. The number of carbonyl (C=O) groups is 2. The van der Waals surface area contributed by atoms with Gasteiger partial charge in [-0.3, -0.25) is 14.5 Å². The lowest BCUT2D eigenvalue weighted by molar-refractivity contribution is -0.136. The van der Waals surface area contributed by atoms with Crippen molar-refractivity contribution in [1.29, 1.82) is 0 Å². The predicted octanol–water partition coefficient (Wildman–Crippen LogP) is 0.375. The highest BCUT2D eigenvalue weighted by Gasteiger charge is 2.26. The van der Waals surface area contributed by atoms with E-state index in [1.54, 1.807) is 29.2 Å². The molecule has 1 aromatic carbocycles. The number of nitrogens with zero attached hydrogens (tertiary/aromatic N) is 3. The lowest BCUT2D eigenvalue weighted by atomic mass is 10.2. The maximum absolute atomic E-state index is 13.0. The molecule has 2 fully saturated rings. The fraction of sp³-hybridized carbons (Fsp3) is 0.455. The van der Waals surface area contributed by atoms with Gasteiger partial charge in [0, 0.05) is 44.8 Å². The van der Waals surface area contributed by atoms with Crippen LogP contribution in [0, 0.1) is 0 Å². The largest absolute Gasteiger partial charge is 0.468 e. The molecule has 10 nitrogen and oxygen atoms in total. The number of ether oxygens (including phenoxy) is 1. The summed E-state index contributed by atoms with van der Waals surface area (Å²) in [7, 11) is -3.80. The first-order chi connectivity index (χ1) is 15.9. The van der Waals surface area contributed by atoms with Gasteiger partial charge in [-0.2, -0.15) is 0 Å². The Balaban J connectivity index is 1.32. The number of hydrogen-bond acceptors (Lipinski definition) is 7. The van der Waals surface area contributed by atoms with E-state index in [0.717, 1.165) is 0 Å². The quantitative estimate of drug-likeness (QED) is 0.615. The summed E-state index contributed by atoms with van der Waals surface area (Å²) in [4.78, 5) is 31.0. The molecule has 2 saturated heterocycles. The van der Waals surface area contributed by atoms with Crippen molar-refractivity contribution in [3.63, 3.8) is 0 Å². The van der Waals surface area contributed by atoms with Crippen LogP contribution in [0.25, 0.3) is 0 Å². The van der Waals surface area contributed by atoms with Crippen molar-refractivity contribution >= 4 is 21.8 Å². The van der Waals surface area contributed by atoms with Gasteiger partial charge >= 0.3 is 0 Å². The summed E-state index contributed by atoms with van der Waals surface area (Å²) in [5.74, 6) is 0.353. The first kappa shape index (κ1) is 23.4. The molecule has 2 amide bonds. The zero-order valence-corrected chi connectivity index (χ0v) is 19.1. The highest BCUT2D eigenvalue weighted by atomic mass is 32.2. The monoisotopic (exact) mass is 476 g/mol. The van der Waals surface area contributed by atoms with Crippen molar-refractivity contribution in [2.75, 3.05) is 59.0 Å². The highest BCUT2D eigenvalue weighted by Crippen LogP contribution is 2.15.